The number of nitrogens with one attached hydrogen (secondary N) is 3. The Balaban J connectivity index is 1.52. The zero-order valence-electron chi connectivity index (χ0n) is 21.5. The molecule has 192 valence electrons. The number of allylic oxidation sites excluding steroid dienone is 5. The largest absolute Gasteiger partial charge is 0.359 e. The number of hydrogen-bond acceptors (Lipinski definition) is 6. The normalized spacial score (nSPS) is 12.6. The van der Waals surface area contributed by atoms with Gasteiger partial charge in [-0.05, 0) is 61.3 Å². The number of rotatable bonds is 9. The highest BCUT2D eigenvalue weighted by Gasteiger charge is 2.18. The molecule has 5 aromatic heterocycles. The van der Waals surface area contributed by atoms with Crippen LogP contribution in [0.5, 0.6) is 0 Å². The Bertz CT molecular complexity index is 1720. The minimum absolute atomic E-state index is 0.513. The molecule has 9 heteroatoms. The molecule has 0 aliphatic heterocycles. The van der Waals surface area contributed by atoms with E-state index in [-0.39, 0.29) is 0 Å². The first-order valence-electron chi connectivity index (χ1n) is 12.3. The Labute approximate surface area is 230 Å². The molecule has 5 aromatic rings. The van der Waals surface area contributed by atoms with Gasteiger partial charge in [0, 0.05) is 28.0 Å². The molecule has 0 amide bonds. The summed E-state index contributed by atoms with van der Waals surface area (Å²) in [7, 11) is 0. The van der Waals surface area contributed by atoms with Crippen molar-refractivity contribution in [1.29, 1.82) is 0 Å². The highest BCUT2D eigenvalue weighted by atomic mass is 35.5. The van der Waals surface area contributed by atoms with Crippen LogP contribution in [0.3, 0.4) is 0 Å². The molecule has 0 bridgehead atoms. The molecule has 0 unspecified atom stereocenters. The van der Waals surface area contributed by atoms with E-state index in [1.807, 2.05) is 43.3 Å². The average molecular weight is 542 g/mol. The van der Waals surface area contributed by atoms with Gasteiger partial charge in [0.1, 0.15) is 11.0 Å². The van der Waals surface area contributed by atoms with E-state index in [1.165, 1.54) is 11.3 Å². The van der Waals surface area contributed by atoms with Gasteiger partial charge in [-0.25, -0.2) is 9.97 Å². The molecular weight excluding hydrogens is 514 g/mol. The predicted molar refractivity (Wildman–Crippen MR) is 159 cm³/mol. The lowest BCUT2D eigenvalue weighted by molar-refractivity contribution is 0.622. The smallest absolute Gasteiger partial charge is 0.161 e. The van der Waals surface area contributed by atoms with Gasteiger partial charge in [0.2, 0.25) is 0 Å². The van der Waals surface area contributed by atoms with E-state index in [2.05, 4.69) is 52.5 Å². The topological polar surface area (TPSA) is 95.2 Å². The van der Waals surface area contributed by atoms with Gasteiger partial charge in [-0.2, -0.15) is 5.10 Å². The summed E-state index contributed by atoms with van der Waals surface area (Å²) in [5.74, 6) is 1.13. The first-order chi connectivity index (χ1) is 18.4. The minimum atomic E-state index is 0.513. The van der Waals surface area contributed by atoms with Gasteiger partial charge in [0.25, 0.3) is 0 Å². The highest BCUT2D eigenvalue weighted by molar-refractivity contribution is 7.19. The van der Waals surface area contributed by atoms with Gasteiger partial charge >= 0.3 is 0 Å². The summed E-state index contributed by atoms with van der Waals surface area (Å²) in [4.78, 5) is 18.6. The average Bonchev–Trinajstić information content (AvgIpc) is 3.63. The van der Waals surface area contributed by atoms with Crippen molar-refractivity contribution in [3.8, 4) is 22.0 Å². The monoisotopic (exact) mass is 541 g/mol. The van der Waals surface area contributed by atoms with Crippen molar-refractivity contribution < 1.29 is 0 Å². The molecule has 38 heavy (non-hydrogen) atoms. The number of H-pyrrole nitrogens is 2. The highest BCUT2D eigenvalue weighted by Crippen LogP contribution is 2.35. The summed E-state index contributed by atoms with van der Waals surface area (Å²) in [5, 5.41) is 11.0. The van der Waals surface area contributed by atoms with Crippen LogP contribution in [0.2, 0.25) is 4.34 Å². The van der Waals surface area contributed by atoms with Crippen LogP contribution in [-0.2, 0) is 0 Å². The van der Waals surface area contributed by atoms with E-state index >= 15 is 0 Å². The Kier molecular flexibility index (Phi) is 7.26. The number of thiophene rings is 1. The van der Waals surface area contributed by atoms with Crippen LogP contribution in [-0.4, -0.2) is 30.1 Å². The summed E-state index contributed by atoms with van der Waals surface area (Å²) >= 11 is 7.67. The van der Waals surface area contributed by atoms with Crippen LogP contribution in [0.1, 0.15) is 32.9 Å². The van der Waals surface area contributed by atoms with E-state index in [0.29, 0.717) is 17.4 Å². The maximum absolute atomic E-state index is 6.18. The number of nitrogens with zero attached hydrogens (tertiary/aromatic N) is 4. The second-order valence-corrected chi connectivity index (χ2v) is 11.0. The van der Waals surface area contributed by atoms with Crippen LogP contribution >= 0.6 is 22.9 Å². The van der Waals surface area contributed by atoms with Gasteiger partial charge in [-0.15, -0.1) is 11.3 Å². The van der Waals surface area contributed by atoms with Crippen LogP contribution in [0.25, 0.3) is 49.6 Å². The van der Waals surface area contributed by atoms with Crippen LogP contribution < -0.4 is 5.32 Å². The molecule has 0 radical (unpaired) electrons. The third-order valence-corrected chi connectivity index (χ3v) is 7.24. The van der Waals surface area contributed by atoms with Gasteiger partial charge in [0.15, 0.2) is 11.5 Å². The molecule has 0 saturated heterocycles. The number of pyridine rings is 2. The minimum Gasteiger partial charge on any atom is -0.359 e. The van der Waals surface area contributed by atoms with E-state index in [9.17, 15) is 0 Å². The number of aromatic nitrogens is 6. The number of hydrogen-bond donors (Lipinski definition) is 3. The lowest BCUT2D eigenvalue weighted by Crippen LogP contribution is -2.12. The maximum Gasteiger partial charge on any atom is 0.161 e. The molecular formula is C29H28ClN7S. The van der Waals surface area contributed by atoms with Gasteiger partial charge in [-0.3, -0.25) is 10.1 Å². The van der Waals surface area contributed by atoms with Crippen molar-refractivity contribution in [2.75, 3.05) is 0 Å². The summed E-state index contributed by atoms with van der Waals surface area (Å²) < 4.78 is 0.718. The molecule has 0 saturated carbocycles. The molecule has 5 heterocycles. The molecule has 0 atom stereocenters. The Morgan fingerprint density at radius 1 is 1.13 bits per heavy atom. The Morgan fingerprint density at radius 2 is 1.97 bits per heavy atom. The van der Waals surface area contributed by atoms with Gasteiger partial charge in [-0.1, -0.05) is 44.7 Å². The van der Waals surface area contributed by atoms with Crippen molar-refractivity contribution in [1.82, 2.24) is 35.5 Å². The van der Waals surface area contributed by atoms with Crippen LogP contribution in [0.15, 0.2) is 79.4 Å². The fourth-order valence-electron chi connectivity index (χ4n) is 4.28. The van der Waals surface area contributed by atoms with Gasteiger partial charge in [0.05, 0.1) is 27.3 Å². The third-order valence-electron chi connectivity index (χ3n) is 5.98. The Morgan fingerprint density at radius 3 is 2.68 bits per heavy atom. The lowest BCUT2D eigenvalue weighted by atomic mass is 10.1. The van der Waals surface area contributed by atoms with E-state index in [0.717, 1.165) is 65.9 Å². The van der Waals surface area contributed by atoms with Crippen molar-refractivity contribution in [3.05, 3.63) is 89.5 Å². The quantitative estimate of drug-likeness (QED) is 0.165. The van der Waals surface area contributed by atoms with Crippen LogP contribution in [0, 0.1) is 5.92 Å². The second-order valence-electron chi connectivity index (χ2n) is 9.31. The molecule has 0 spiro atoms. The van der Waals surface area contributed by atoms with Crippen molar-refractivity contribution in [2.24, 2.45) is 5.92 Å². The predicted octanol–water partition coefficient (Wildman–Crippen LogP) is 7.90. The first kappa shape index (κ1) is 25.6. The summed E-state index contributed by atoms with van der Waals surface area (Å²) in [6.45, 7) is 14.4. The zero-order valence-corrected chi connectivity index (χ0v) is 23.0. The van der Waals surface area contributed by atoms with E-state index < -0.39 is 0 Å². The first-order valence-corrected chi connectivity index (χ1v) is 13.5. The number of aromatic amines is 2. The van der Waals surface area contributed by atoms with E-state index in [4.69, 9.17) is 21.6 Å². The Hall–Kier alpha value is -4.01. The molecule has 0 aliphatic rings. The van der Waals surface area contributed by atoms with Crippen molar-refractivity contribution >= 4 is 50.6 Å². The SMILES string of the molecule is C=C/C(=C\C(=C/C)c1ccc2[nH]nc(-c3nc4c(-c5ccc(Cl)s5)cncc4[nH]3)c2n1)NC(=C)CC(C)C. The second kappa shape index (κ2) is 10.8. The molecule has 0 aromatic carbocycles. The molecule has 3 N–H and O–H groups in total. The van der Waals surface area contributed by atoms with Crippen molar-refractivity contribution in [3.63, 3.8) is 0 Å². The fourth-order valence-corrected chi connectivity index (χ4v) is 5.33. The number of fused-ring (bicyclic) bond motifs is 2. The fraction of sp³-hybridized carbons (Fsp3) is 0.172. The van der Waals surface area contributed by atoms with Crippen LogP contribution in [0.4, 0.5) is 0 Å². The van der Waals surface area contributed by atoms with E-state index in [1.54, 1.807) is 18.5 Å². The summed E-state index contributed by atoms with van der Waals surface area (Å²) in [6.07, 6.45) is 10.3. The maximum atomic E-state index is 6.18. The lowest BCUT2D eigenvalue weighted by Gasteiger charge is -2.13. The molecule has 0 fully saturated rings. The molecule has 0 aliphatic carbocycles. The number of halogens is 1. The summed E-state index contributed by atoms with van der Waals surface area (Å²) in [6, 6.07) is 7.81. The summed E-state index contributed by atoms with van der Waals surface area (Å²) in [5.41, 5.74) is 8.29. The number of imidazole rings is 1. The standard InChI is InChI=1S/C29H28ClN7S/c1-6-18(13-19(7-2)32-17(5)12-16(3)4)21-8-9-22-27(33-21)28(37-36-22)29-34-23-15-31-14-20(26(23)35-29)24-10-11-25(30)38-24/h6-11,13-16,32H,2,5,12H2,1,3-4H3,(H,34,35)(H,36,37)/b18-6+,19-13+. The van der Waals surface area contributed by atoms with Gasteiger partial charge < -0.3 is 10.3 Å². The molecule has 5 rings (SSSR count). The molecule has 7 nitrogen and oxygen atoms in total. The third kappa shape index (κ3) is 5.18. The zero-order chi connectivity index (χ0) is 26.8. The van der Waals surface area contributed by atoms with Crippen molar-refractivity contribution in [2.45, 2.75) is 27.2 Å².